The van der Waals surface area contributed by atoms with Crippen molar-refractivity contribution in [2.24, 2.45) is 0 Å². The van der Waals surface area contributed by atoms with E-state index in [0.29, 0.717) is 5.56 Å². The molecule has 0 aliphatic heterocycles. The molecule has 1 aromatic rings. The second-order valence-corrected chi connectivity index (χ2v) is 5.13. The highest BCUT2D eigenvalue weighted by molar-refractivity contribution is 5.68. The van der Waals surface area contributed by atoms with E-state index in [1.807, 2.05) is 0 Å². The third-order valence-electron chi connectivity index (χ3n) is 2.16. The highest BCUT2D eigenvalue weighted by Crippen LogP contribution is 2.09. The molecule has 0 spiro atoms. The van der Waals surface area contributed by atoms with Crippen LogP contribution >= 0.6 is 0 Å². The van der Waals surface area contributed by atoms with Crippen LogP contribution in [0.3, 0.4) is 0 Å². The van der Waals surface area contributed by atoms with Crippen molar-refractivity contribution in [2.45, 2.75) is 33.0 Å². The number of amides is 1. The molecule has 0 saturated carbocycles. The zero-order chi connectivity index (χ0) is 15.2. The molecule has 108 valence electrons. The van der Waals surface area contributed by atoms with Crippen molar-refractivity contribution in [1.29, 1.82) is 0 Å². The molecule has 1 rings (SSSR count). The molecule has 1 amide bonds. The molecule has 0 radical (unpaired) electrons. The number of alkyl carbamates (subject to hydrolysis) is 1. The SMILES string of the molecule is CC(C)(C)OC(=O)NCC#Cc1cc(CO)ccc1F. The summed E-state index contributed by atoms with van der Waals surface area (Å²) in [4.78, 5) is 11.3. The number of hydrogen-bond donors (Lipinski definition) is 2. The summed E-state index contributed by atoms with van der Waals surface area (Å²) in [5.41, 5.74) is 0.192. The van der Waals surface area contributed by atoms with Crippen molar-refractivity contribution in [3.05, 3.63) is 35.1 Å². The van der Waals surface area contributed by atoms with Crippen LogP contribution < -0.4 is 5.32 Å². The lowest BCUT2D eigenvalue weighted by atomic mass is 10.1. The zero-order valence-electron chi connectivity index (χ0n) is 11.8. The Balaban J connectivity index is 2.57. The number of aliphatic hydroxyl groups is 1. The highest BCUT2D eigenvalue weighted by Gasteiger charge is 2.14. The number of hydrogen-bond acceptors (Lipinski definition) is 3. The predicted molar refractivity (Wildman–Crippen MR) is 73.4 cm³/mol. The van der Waals surface area contributed by atoms with E-state index in [2.05, 4.69) is 17.2 Å². The Bertz CT molecular complexity index is 538. The molecule has 0 fully saturated rings. The van der Waals surface area contributed by atoms with E-state index in [0.717, 1.165) is 0 Å². The molecule has 0 heterocycles. The van der Waals surface area contributed by atoms with Gasteiger partial charge in [0, 0.05) is 0 Å². The molecule has 0 aliphatic rings. The molecule has 0 bridgehead atoms. The molecular weight excluding hydrogens is 261 g/mol. The van der Waals surface area contributed by atoms with Gasteiger partial charge in [-0.3, -0.25) is 0 Å². The van der Waals surface area contributed by atoms with Gasteiger partial charge in [0.2, 0.25) is 0 Å². The van der Waals surface area contributed by atoms with Crippen LogP contribution in [0.25, 0.3) is 0 Å². The predicted octanol–water partition coefficient (Wildman–Crippen LogP) is 2.19. The quantitative estimate of drug-likeness (QED) is 0.816. The molecule has 0 aromatic heterocycles. The standard InChI is InChI=1S/C15H18FNO3/c1-15(2,3)20-14(19)17-8-4-5-12-9-11(10-18)6-7-13(12)16/h6-7,9,18H,8,10H2,1-3H3,(H,17,19). The first-order chi connectivity index (χ1) is 9.31. The lowest BCUT2D eigenvalue weighted by Crippen LogP contribution is -2.32. The Morgan fingerprint density at radius 2 is 2.15 bits per heavy atom. The summed E-state index contributed by atoms with van der Waals surface area (Å²) >= 11 is 0. The van der Waals surface area contributed by atoms with Crippen molar-refractivity contribution in [3.63, 3.8) is 0 Å². The average molecular weight is 279 g/mol. The van der Waals surface area contributed by atoms with Gasteiger partial charge in [-0.15, -0.1) is 0 Å². The number of carbonyl (C=O) groups is 1. The summed E-state index contributed by atoms with van der Waals surface area (Å²) in [7, 11) is 0. The van der Waals surface area contributed by atoms with E-state index in [1.54, 1.807) is 20.8 Å². The van der Waals surface area contributed by atoms with Gasteiger partial charge in [0.1, 0.15) is 11.4 Å². The van der Waals surface area contributed by atoms with Gasteiger partial charge in [-0.25, -0.2) is 9.18 Å². The van der Waals surface area contributed by atoms with Crippen molar-refractivity contribution in [1.82, 2.24) is 5.32 Å². The molecule has 20 heavy (non-hydrogen) atoms. The first kappa shape index (κ1) is 16.0. The Hall–Kier alpha value is -2.06. The molecule has 4 nitrogen and oxygen atoms in total. The molecule has 5 heteroatoms. The van der Waals surface area contributed by atoms with Crippen LogP contribution in [-0.4, -0.2) is 23.3 Å². The van der Waals surface area contributed by atoms with E-state index < -0.39 is 17.5 Å². The smallest absolute Gasteiger partial charge is 0.408 e. The number of rotatable bonds is 2. The van der Waals surface area contributed by atoms with Crippen molar-refractivity contribution in [2.75, 3.05) is 6.54 Å². The highest BCUT2D eigenvalue weighted by atomic mass is 19.1. The van der Waals surface area contributed by atoms with Crippen molar-refractivity contribution >= 4 is 6.09 Å². The van der Waals surface area contributed by atoms with Crippen molar-refractivity contribution in [3.8, 4) is 11.8 Å². The van der Waals surface area contributed by atoms with Crippen LogP contribution in [-0.2, 0) is 11.3 Å². The fraction of sp³-hybridized carbons (Fsp3) is 0.400. The van der Waals surface area contributed by atoms with E-state index in [-0.39, 0.29) is 18.7 Å². The lowest BCUT2D eigenvalue weighted by molar-refractivity contribution is 0.0535. The molecule has 0 saturated heterocycles. The summed E-state index contributed by atoms with van der Waals surface area (Å²) in [6.07, 6.45) is -0.573. The number of ether oxygens (including phenoxy) is 1. The second-order valence-electron chi connectivity index (χ2n) is 5.13. The van der Waals surface area contributed by atoms with Crippen LogP contribution in [0.1, 0.15) is 31.9 Å². The summed E-state index contributed by atoms with van der Waals surface area (Å²) < 4.78 is 18.4. The Morgan fingerprint density at radius 1 is 1.45 bits per heavy atom. The molecule has 0 atom stereocenters. The van der Waals surface area contributed by atoms with Crippen LogP contribution in [0.4, 0.5) is 9.18 Å². The number of aliphatic hydroxyl groups excluding tert-OH is 1. The van der Waals surface area contributed by atoms with Crippen molar-refractivity contribution < 1.29 is 19.0 Å². The minimum Gasteiger partial charge on any atom is -0.444 e. The van der Waals surface area contributed by atoms with Gasteiger partial charge < -0.3 is 15.2 Å². The van der Waals surface area contributed by atoms with Gasteiger partial charge in [-0.05, 0) is 38.5 Å². The molecule has 0 aliphatic carbocycles. The number of nitrogens with one attached hydrogen (secondary N) is 1. The van der Waals surface area contributed by atoms with Gasteiger partial charge in [-0.2, -0.15) is 0 Å². The third kappa shape index (κ3) is 5.72. The molecule has 0 unspecified atom stereocenters. The maximum atomic E-state index is 13.4. The third-order valence-corrected chi connectivity index (χ3v) is 2.16. The fourth-order valence-corrected chi connectivity index (χ4v) is 1.34. The van der Waals surface area contributed by atoms with Crippen LogP contribution in [0.2, 0.25) is 0 Å². The first-order valence-electron chi connectivity index (χ1n) is 6.17. The molecular formula is C15H18FNO3. The Morgan fingerprint density at radius 3 is 2.75 bits per heavy atom. The Kier molecular flexibility index (Phi) is 5.53. The topological polar surface area (TPSA) is 58.6 Å². The summed E-state index contributed by atoms with van der Waals surface area (Å²) in [5, 5.41) is 11.4. The normalized spacial score (nSPS) is 10.4. The van der Waals surface area contributed by atoms with Crippen LogP contribution in [0.15, 0.2) is 18.2 Å². The largest absolute Gasteiger partial charge is 0.444 e. The number of halogens is 1. The second kappa shape index (κ2) is 6.92. The van der Waals surface area contributed by atoms with E-state index in [4.69, 9.17) is 9.84 Å². The van der Waals surface area contributed by atoms with Gasteiger partial charge in [0.05, 0.1) is 18.7 Å². The molecule has 1 aromatic carbocycles. The van der Waals surface area contributed by atoms with Gasteiger partial charge in [0.15, 0.2) is 0 Å². The monoisotopic (exact) mass is 279 g/mol. The van der Waals surface area contributed by atoms with E-state index in [1.165, 1.54) is 18.2 Å². The van der Waals surface area contributed by atoms with Gasteiger partial charge in [0.25, 0.3) is 0 Å². The van der Waals surface area contributed by atoms with Gasteiger partial charge in [-0.1, -0.05) is 17.9 Å². The number of benzene rings is 1. The van der Waals surface area contributed by atoms with Gasteiger partial charge >= 0.3 is 6.09 Å². The average Bonchev–Trinajstić information content (AvgIpc) is 2.34. The maximum absolute atomic E-state index is 13.4. The van der Waals surface area contributed by atoms with Crippen LogP contribution in [0, 0.1) is 17.7 Å². The summed E-state index contributed by atoms with van der Waals surface area (Å²) in [5.74, 6) is 4.76. The number of carbonyl (C=O) groups excluding carboxylic acids is 1. The Labute approximate surface area is 117 Å². The molecule has 2 N–H and O–H groups in total. The minimum absolute atomic E-state index is 0.0533. The van der Waals surface area contributed by atoms with Crippen LogP contribution in [0.5, 0.6) is 0 Å². The fourth-order valence-electron chi connectivity index (χ4n) is 1.34. The van der Waals surface area contributed by atoms with E-state index in [9.17, 15) is 9.18 Å². The lowest BCUT2D eigenvalue weighted by Gasteiger charge is -2.19. The summed E-state index contributed by atoms with van der Waals surface area (Å²) in [6.45, 7) is 5.15. The first-order valence-corrected chi connectivity index (χ1v) is 6.17. The minimum atomic E-state index is -0.573. The zero-order valence-corrected chi connectivity index (χ0v) is 11.8. The maximum Gasteiger partial charge on any atom is 0.408 e. The van der Waals surface area contributed by atoms with E-state index >= 15 is 0 Å². The summed E-state index contributed by atoms with van der Waals surface area (Å²) in [6, 6.07) is 4.20.